The standard InChI is InChI=1S/C24H37NO6/c1-6-15(20(26)11-21(27)28)12-24(4)13-16(7-2)22(31-24)17(8-3)18-9-10-25(5)14-19(18)23(29)30/h9-10,14-17,20,22,26H,6-8,11-13H2,1-5H3,(H-,27,28,29,30)/t15-,16?,17?,20-,22?,24-/m1/s1. The van der Waals surface area contributed by atoms with Crippen molar-refractivity contribution in [2.24, 2.45) is 18.9 Å². The molecule has 0 aromatic carbocycles. The molecule has 2 N–H and O–H groups in total. The normalized spacial score (nSPS) is 26.4. The Morgan fingerprint density at radius 3 is 2.52 bits per heavy atom. The van der Waals surface area contributed by atoms with E-state index in [9.17, 15) is 19.8 Å². The summed E-state index contributed by atoms with van der Waals surface area (Å²) in [5, 5.41) is 31.2. The maximum Gasteiger partial charge on any atom is 0.305 e. The molecule has 1 aromatic heterocycles. The molecule has 2 heterocycles. The van der Waals surface area contributed by atoms with Crippen LogP contribution in [0.15, 0.2) is 18.5 Å². The van der Waals surface area contributed by atoms with Crippen LogP contribution in [-0.4, -0.2) is 40.0 Å². The summed E-state index contributed by atoms with van der Waals surface area (Å²) in [6, 6.07) is 1.84. The molecular weight excluding hydrogens is 398 g/mol. The average molecular weight is 436 g/mol. The summed E-state index contributed by atoms with van der Waals surface area (Å²) in [5.41, 5.74) is 0.415. The van der Waals surface area contributed by atoms with Crippen molar-refractivity contribution in [1.29, 1.82) is 0 Å². The number of hydrogen-bond donors (Lipinski definition) is 2. The highest BCUT2D eigenvalue weighted by Crippen LogP contribution is 2.47. The van der Waals surface area contributed by atoms with Gasteiger partial charge in [-0.15, -0.1) is 0 Å². The molecule has 0 radical (unpaired) electrons. The van der Waals surface area contributed by atoms with E-state index in [1.54, 1.807) is 17.8 Å². The molecule has 0 saturated carbocycles. The molecule has 174 valence electrons. The Balaban J connectivity index is 2.31. The Morgan fingerprint density at radius 1 is 1.32 bits per heavy atom. The molecule has 0 aliphatic carbocycles. The number of hydrogen-bond acceptors (Lipinski definition) is 5. The molecule has 1 aliphatic heterocycles. The number of carbonyl (C=O) groups excluding carboxylic acids is 1. The van der Waals surface area contributed by atoms with Gasteiger partial charge < -0.3 is 24.9 Å². The number of rotatable bonds is 11. The SMILES string of the molecule is CCC1C[C@@](C)(C[C@@H](CC)[C@H](O)CC(=O)O)OC1C(CC)c1cc[n+](C)cc1C(=O)[O-]. The molecule has 0 bridgehead atoms. The Labute approximate surface area is 185 Å². The van der Waals surface area contributed by atoms with Crippen molar-refractivity contribution < 1.29 is 34.2 Å². The van der Waals surface area contributed by atoms with Crippen LogP contribution in [0.1, 0.15) is 88.1 Å². The van der Waals surface area contributed by atoms with E-state index < -0.39 is 23.6 Å². The van der Waals surface area contributed by atoms with Gasteiger partial charge in [0.15, 0.2) is 12.4 Å². The summed E-state index contributed by atoms with van der Waals surface area (Å²) in [6.45, 7) is 8.13. The fraction of sp³-hybridized carbons (Fsp3) is 0.708. The molecule has 1 aliphatic rings. The number of pyridine rings is 1. The van der Waals surface area contributed by atoms with Gasteiger partial charge in [-0.05, 0) is 43.6 Å². The third-order valence-electron chi connectivity index (χ3n) is 6.84. The molecular formula is C24H37NO6. The zero-order chi connectivity index (χ0) is 23.3. The molecule has 1 saturated heterocycles. The van der Waals surface area contributed by atoms with Gasteiger partial charge in [0.25, 0.3) is 0 Å². The van der Waals surface area contributed by atoms with Gasteiger partial charge in [0.2, 0.25) is 0 Å². The second-order valence-corrected chi connectivity index (χ2v) is 9.22. The first-order valence-electron chi connectivity index (χ1n) is 11.3. The maximum absolute atomic E-state index is 11.8. The minimum absolute atomic E-state index is 0.0927. The van der Waals surface area contributed by atoms with Gasteiger partial charge in [-0.1, -0.05) is 33.6 Å². The third-order valence-corrected chi connectivity index (χ3v) is 6.84. The van der Waals surface area contributed by atoms with Crippen molar-refractivity contribution in [3.05, 3.63) is 29.6 Å². The van der Waals surface area contributed by atoms with E-state index in [-0.39, 0.29) is 35.8 Å². The molecule has 3 unspecified atom stereocenters. The molecule has 7 nitrogen and oxygen atoms in total. The Morgan fingerprint density at radius 2 is 2.00 bits per heavy atom. The topological polar surface area (TPSA) is 111 Å². The highest BCUT2D eigenvalue weighted by molar-refractivity contribution is 5.87. The lowest BCUT2D eigenvalue weighted by Crippen LogP contribution is -2.36. The number of aliphatic hydroxyl groups excluding tert-OH is 1. The van der Waals surface area contributed by atoms with Gasteiger partial charge in [0.1, 0.15) is 7.05 Å². The highest BCUT2D eigenvalue weighted by Gasteiger charge is 2.47. The monoisotopic (exact) mass is 435 g/mol. The number of carboxylic acid groups (broad SMARTS) is 2. The van der Waals surface area contributed by atoms with Crippen molar-refractivity contribution in [2.75, 3.05) is 0 Å². The van der Waals surface area contributed by atoms with Crippen LogP contribution >= 0.6 is 0 Å². The van der Waals surface area contributed by atoms with Crippen molar-refractivity contribution in [1.82, 2.24) is 0 Å². The number of aromatic carboxylic acids is 1. The van der Waals surface area contributed by atoms with E-state index in [2.05, 4.69) is 6.92 Å². The quantitative estimate of drug-likeness (QED) is 0.516. The number of ether oxygens (including phenoxy) is 1. The largest absolute Gasteiger partial charge is 0.545 e. The van der Waals surface area contributed by atoms with Crippen molar-refractivity contribution in [3.63, 3.8) is 0 Å². The molecule has 6 atom stereocenters. The first kappa shape index (κ1) is 25.3. The van der Waals surface area contributed by atoms with E-state index >= 15 is 0 Å². The minimum Gasteiger partial charge on any atom is -0.545 e. The van der Waals surface area contributed by atoms with Crippen LogP contribution in [-0.2, 0) is 16.6 Å². The first-order chi connectivity index (χ1) is 14.5. The molecule has 0 spiro atoms. The van der Waals surface area contributed by atoms with Gasteiger partial charge in [-0.25, -0.2) is 4.57 Å². The van der Waals surface area contributed by atoms with Crippen LogP contribution in [0, 0.1) is 11.8 Å². The number of carboxylic acids is 2. The second kappa shape index (κ2) is 10.6. The zero-order valence-electron chi connectivity index (χ0n) is 19.3. The summed E-state index contributed by atoms with van der Waals surface area (Å²) in [6.07, 6.45) is 5.73. The lowest BCUT2D eigenvalue weighted by molar-refractivity contribution is -0.671. The summed E-state index contributed by atoms with van der Waals surface area (Å²) in [5.74, 6) is -2.23. The van der Waals surface area contributed by atoms with E-state index in [0.717, 1.165) is 24.8 Å². The lowest BCUT2D eigenvalue weighted by Gasteiger charge is -2.33. The summed E-state index contributed by atoms with van der Waals surface area (Å²) in [4.78, 5) is 22.8. The van der Waals surface area contributed by atoms with Gasteiger partial charge in [0, 0.05) is 12.0 Å². The van der Waals surface area contributed by atoms with Crippen LogP contribution in [0.2, 0.25) is 0 Å². The maximum atomic E-state index is 11.8. The number of aliphatic hydroxyl groups is 1. The predicted octanol–water partition coefficient (Wildman–Crippen LogP) is 2.19. The molecule has 7 heteroatoms. The predicted molar refractivity (Wildman–Crippen MR) is 113 cm³/mol. The van der Waals surface area contributed by atoms with Crippen LogP contribution in [0.3, 0.4) is 0 Å². The smallest absolute Gasteiger partial charge is 0.305 e. The van der Waals surface area contributed by atoms with Crippen LogP contribution in [0.5, 0.6) is 0 Å². The van der Waals surface area contributed by atoms with Crippen LogP contribution in [0.25, 0.3) is 0 Å². The number of aromatic nitrogens is 1. The van der Waals surface area contributed by atoms with Gasteiger partial charge in [0.05, 0.1) is 35.8 Å². The third kappa shape index (κ3) is 6.04. The first-order valence-corrected chi connectivity index (χ1v) is 11.3. The molecule has 31 heavy (non-hydrogen) atoms. The fourth-order valence-corrected chi connectivity index (χ4v) is 5.25. The highest BCUT2D eigenvalue weighted by atomic mass is 16.5. The summed E-state index contributed by atoms with van der Waals surface area (Å²) < 4.78 is 8.34. The van der Waals surface area contributed by atoms with Crippen molar-refractivity contribution in [2.45, 2.75) is 89.9 Å². The zero-order valence-corrected chi connectivity index (χ0v) is 19.3. The molecule has 2 rings (SSSR count). The van der Waals surface area contributed by atoms with Gasteiger partial charge in [-0.3, -0.25) is 4.79 Å². The number of carbonyl (C=O) groups is 2. The van der Waals surface area contributed by atoms with Crippen molar-refractivity contribution >= 4 is 11.9 Å². The second-order valence-electron chi connectivity index (χ2n) is 9.22. The van der Waals surface area contributed by atoms with E-state index in [1.807, 2.05) is 33.0 Å². The average Bonchev–Trinajstić information content (AvgIpc) is 3.03. The summed E-state index contributed by atoms with van der Waals surface area (Å²) in [7, 11) is 1.78. The van der Waals surface area contributed by atoms with Crippen LogP contribution in [0.4, 0.5) is 0 Å². The van der Waals surface area contributed by atoms with Gasteiger partial charge in [-0.2, -0.15) is 0 Å². The number of nitrogens with zero attached hydrogens (tertiary/aromatic N) is 1. The van der Waals surface area contributed by atoms with E-state index in [4.69, 9.17) is 9.84 Å². The Bertz CT molecular complexity index is 781. The lowest BCUT2D eigenvalue weighted by atomic mass is 9.78. The molecule has 1 aromatic rings. The van der Waals surface area contributed by atoms with Crippen molar-refractivity contribution in [3.8, 4) is 0 Å². The number of aryl methyl sites for hydroxylation is 1. The molecule has 1 fully saturated rings. The van der Waals surface area contributed by atoms with Gasteiger partial charge >= 0.3 is 5.97 Å². The van der Waals surface area contributed by atoms with E-state index in [1.165, 1.54) is 0 Å². The minimum atomic E-state index is -1.19. The molecule has 0 amide bonds. The number of aliphatic carboxylic acids is 1. The fourth-order valence-electron chi connectivity index (χ4n) is 5.25. The summed E-state index contributed by atoms with van der Waals surface area (Å²) >= 11 is 0. The van der Waals surface area contributed by atoms with Crippen LogP contribution < -0.4 is 9.67 Å². The Hall–Kier alpha value is -1.99. The Kier molecular flexibility index (Phi) is 8.60. The van der Waals surface area contributed by atoms with E-state index in [0.29, 0.717) is 12.8 Å².